The molecule has 0 N–H and O–H groups in total. The molecule has 1 aliphatic carbocycles. The second kappa shape index (κ2) is 12.3. The fourth-order valence-electron chi connectivity index (χ4n) is 9.81. The third kappa shape index (κ3) is 4.74. The summed E-state index contributed by atoms with van der Waals surface area (Å²) in [6, 6.07) is 67.5. The standard InChI is InChI=1S/C55H37NO2/c1-55(2)46-21-8-6-15-39(46)44-19-11-22-47(53(44)55)56(48-23-12-20-45-40-16-7-9-24-49(40)58-54(45)48)37-28-25-34(26-29-37)36-27-30-41-43-18-10-17-42-38(35-13-4-3-5-14-35)31-32-50(52(42)43)57-51(41)33-36/h3-33H,1-2H3. The van der Waals surface area contributed by atoms with Gasteiger partial charge in [-0.1, -0.05) is 153 Å². The predicted octanol–water partition coefficient (Wildman–Crippen LogP) is 15.6. The number of rotatable bonds is 5. The van der Waals surface area contributed by atoms with E-state index in [1.54, 1.807) is 0 Å². The third-order valence-corrected chi connectivity index (χ3v) is 12.5. The van der Waals surface area contributed by atoms with E-state index in [-0.39, 0.29) is 5.41 Å². The number of hydrogen-bond donors (Lipinski definition) is 0. The lowest BCUT2D eigenvalue weighted by Gasteiger charge is -2.32. The minimum Gasteiger partial charge on any atom is -0.456 e. The van der Waals surface area contributed by atoms with Gasteiger partial charge in [0.05, 0.1) is 11.4 Å². The Labute approximate surface area is 337 Å². The van der Waals surface area contributed by atoms with Gasteiger partial charge in [0.25, 0.3) is 0 Å². The van der Waals surface area contributed by atoms with Crippen LogP contribution in [-0.4, -0.2) is 0 Å². The maximum absolute atomic E-state index is 6.72. The Morgan fingerprint density at radius 2 is 1.10 bits per heavy atom. The van der Waals surface area contributed by atoms with Gasteiger partial charge < -0.3 is 14.1 Å². The van der Waals surface area contributed by atoms with Crippen molar-refractivity contribution in [2.45, 2.75) is 19.3 Å². The first-order chi connectivity index (χ1) is 28.5. The van der Waals surface area contributed by atoms with Crippen LogP contribution in [0.15, 0.2) is 192 Å². The normalized spacial score (nSPS) is 13.3. The van der Waals surface area contributed by atoms with E-state index in [0.29, 0.717) is 0 Å². The maximum Gasteiger partial charge on any atom is 0.159 e. The Kier molecular flexibility index (Phi) is 6.98. The highest BCUT2D eigenvalue weighted by Gasteiger charge is 2.39. The average Bonchev–Trinajstić information content (AvgIpc) is 3.77. The number of fused-ring (bicyclic) bond motifs is 8. The summed E-state index contributed by atoms with van der Waals surface area (Å²) in [5.41, 5.74) is 16.9. The summed E-state index contributed by atoms with van der Waals surface area (Å²) in [7, 11) is 0. The number of para-hydroxylation sites is 2. The fourth-order valence-corrected chi connectivity index (χ4v) is 9.81. The van der Waals surface area contributed by atoms with Crippen molar-refractivity contribution in [3.63, 3.8) is 0 Å². The van der Waals surface area contributed by atoms with Gasteiger partial charge in [0.15, 0.2) is 5.58 Å². The van der Waals surface area contributed by atoms with E-state index in [1.807, 2.05) is 6.07 Å². The van der Waals surface area contributed by atoms with Crippen molar-refractivity contribution in [3.8, 4) is 56.0 Å². The summed E-state index contributed by atoms with van der Waals surface area (Å²) in [5, 5.41) is 4.58. The van der Waals surface area contributed by atoms with Crippen LogP contribution in [0, 0.1) is 0 Å². The monoisotopic (exact) mass is 743 g/mol. The molecular formula is C55H37NO2. The van der Waals surface area contributed by atoms with Crippen LogP contribution in [0.5, 0.6) is 11.5 Å². The van der Waals surface area contributed by atoms with Crippen LogP contribution in [-0.2, 0) is 5.41 Å². The highest BCUT2D eigenvalue weighted by molar-refractivity contribution is 6.11. The second-order valence-electron chi connectivity index (χ2n) is 16.0. The largest absolute Gasteiger partial charge is 0.456 e. The van der Waals surface area contributed by atoms with Crippen molar-refractivity contribution in [2.24, 2.45) is 0 Å². The molecule has 0 saturated heterocycles. The molecule has 0 saturated carbocycles. The lowest BCUT2D eigenvalue weighted by atomic mass is 9.81. The van der Waals surface area contributed by atoms with Gasteiger partial charge in [0.1, 0.15) is 17.1 Å². The molecule has 0 bridgehead atoms. The van der Waals surface area contributed by atoms with E-state index in [2.05, 4.69) is 201 Å². The Hall–Kier alpha value is -7.36. The van der Waals surface area contributed by atoms with Crippen molar-refractivity contribution in [2.75, 3.05) is 4.90 Å². The maximum atomic E-state index is 6.72. The molecule has 1 aromatic heterocycles. The van der Waals surface area contributed by atoms with E-state index in [0.717, 1.165) is 72.6 Å². The highest BCUT2D eigenvalue weighted by atomic mass is 16.5. The van der Waals surface area contributed by atoms with Crippen molar-refractivity contribution in [1.29, 1.82) is 0 Å². The van der Waals surface area contributed by atoms with Crippen LogP contribution in [0.1, 0.15) is 25.0 Å². The van der Waals surface area contributed by atoms with Gasteiger partial charge in [0.2, 0.25) is 0 Å². The quantitative estimate of drug-likeness (QED) is 0.176. The lowest BCUT2D eigenvalue weighted by Crippen LogP contribution is -2.20. The molecular weight excluding hydrogens is 707 g/mol. The van der Waals surface area contributed by atoms with E-state index < -0.39 is 0 Å². The fraction of sp³-hybridized carbons (Fsp3) is 0.0545. The molecule has 0 fully saturated rings. The minimum atomic E-state index is -0.211. The molecule has 0 atom stereocenters. The van der Waals surface area contributed by atoms with Gasteiger partial charge in [-0.3, -0.25) is 0 Å². The number of nitrogens with zero attached hydrogens (tertiary/aromatic N) is 1. The molecule has 10 aromatic rings. The van der Waals surface area contributed by atoms with Crippen LogP contribution < -0.4 is 9.64 Å². The topological polar surface area (TPSA) is 25.6 Å². The Balaban J connectivity index is 0.983. The predicted molar refractivity (Wildman–Crippen MR) is 240 cm³/mol. The molecule has 0 unspecified atom stereocenters. The molecule has 12 rings (SSSR count). The Morgan fingerprint density at radius 1 is 0.431 bits per heavy atom. The molecule has 3 heteroatoms. The van der Waals surface area contributed by atoms with Gasteiger partial charge in [-0.25, -0.2) is 0 Å². The Morgan fingerprint density at radius 3 is 2.00 bits per heavy atom. The van der Waals surface area contributed by atoms with E-state index in [4.69, 9.17) is 9.15 Å². The van der Waals surface area contributed by atoms with Gasteiger partial charge in [0, 0.05) is 32.8 Å². The summed E-state index contributed by atoms with van der Waals surface area (Å²) in [4.78, 5) is 2.40. The van der Waals surface area contributed by atoms with E-state index in [1.165, 1.54) is 44.3 Å². The zero-order chi connectivity index (χ0) is 38.5. The van der Waals surface area contributed by atoms with Crippen LogP contribution in [0.3, 0.4) is 0 Å². The first kappa shape index (κ1) is 32.8. The van der Waals surface area contributed by atoms with Gasteiger partial charge in [-0.2, -0.15) is 0 Å². The smallest absolute Gasteiger partial charge is 0.159 e. The molecule has 58 heavy (non-hydrogen) atoms. The molecule has 274 valence electrons. The van der Waals surface area contributed by atoms with Crippen molar-refractivity contribution >= 4 is 49.8 Å². The minimum absolute atomic E-state index is 0.211. The summed E-state index contributed by atoms with van der Waals surface area (Å²) < 4.78 is 13.4. The number of benzene rings is 9. The number of anilines is 3. The highest BCUT2D eigenvalue weighted by Crippen LogP contribution is 2.55. The van der Waals surface area contributed by atoms with Gasteiger partial charge in [-0.15, -0.1) is 0 Å². The second-order valence-corrected chi connectivity index (χ2v) is 16.0. The molecule has 2 heterocycles. The molecule has 0 radical (unpaired) electrons. The third-order valence-electron chi connectivity index (χ3n) is 12.5. The number of hydrogen-bond acceptors (Lipinski definition) is 3. The molecule has 3 nitrogen and oxygen atoms in total. The Bertz CT molecular complexity index is 3280. The summed E-state index contributed by atoms with van der Waals surface area (Å²) in [5.74, 6) is 1.76. The number of ether oxygens (including phenoxy) is 1. The molecule has 2 aliphatic rings. The van der Waals surface area contributed by atoms with Crippen LogP contribution >= 0.6 is 0 Å². The van der Waals surface area contributed by atoms with Gasteiger partial charge >= 0.3 is 0 Å². The van der Waals surface area contributed by atoms with Crippen LogP contribution in [0.4, 0.5) is 17.1 Å². The summed E-state index contributed by atoms with van der Waals surface area (Å²) in [6.07, 6.45) is 0. The summed E-state index contributed by atoms with van der Waals surface area (Å²) in [6.45, 7) is 4.70. The summed E-state index contributed by atoms with van der Waals surface area (Å²) >= 11 is 0. The van der Waals surface area contributed by atoms with Gasteiger partial charge in [-0.05, 0) is 104 Å². The molecule has 9 aromatic carbocycles. The first-order valence-electron chi connectivity index (χ1n) is 20.0. The van der Waals surface area contributed by atoms with E-state index >= 15 is 0 Å². The van der Waals surface area contributed by atoms with Crippen LogP contribution in [0.25, 0.3) is 77.2 Å². The van der Waals surface area contributed by atoms with E-state index in [9.17, 15) is 0 Å². The zero-order valence-electron chi connectivity index (χ0n) is 32.2. The molecule has 0 spiro atoms. The number of furan rings is 1. The van der Waals surface area contributed by atoms with Crippen LogP contribution in [0.2, 0.25) is 0 Å². The zero-order valence-corrected chi connectivity index (χ0v) is 32.2. The van der Waals surface area contributed by atoms with Crippen molar-refractivity contribution in [3.05, 3.63) is 199 Å². The van der Waals surface area contributed by atoms with Crippen molar-refractivity contribution in [1.82, 2.24) is 0 Å². The molecule has 1 aliphatic heterocycles. The van der Waals surface area contributed by atoms with Crippen molar-refractivity contribution < 1.29 is 9.15 Å². The lowest BCUT2D eigenvalue weighted by molar-refractivity contribution is 0.487. The first-order valence-corrected chi connectivity index (χ1v) is 20.0. The average molecular weight is 744 g/mol. The SMILES string of the molecule is CC1(C)c2ccccc2-c2cccc(N(c3ccc(-c4ccc5c(c4)Oc4ccc(-c6ccccc6)c6cccc-5c46)cc3)c3cccc4c3oc3ccccc34)c21. The molecule has 0 amide bonds.